The Hall–Kier alpha value is -1.94. The van der Waals surface area contributed by atoms with E-state index in [0.717, 1.165) is 96.3 Å². The van der Waals surface area contributed by atoms with Crippen molar-refractivity contribution in [3.8, 4) is 0 Å². The number of ether oxygens (including phenoxy) is 4. The second-order valence-corrected chi connectivity index (χ2v) is 29.2. The fraction of sp³-hybridized carbons (Fsp3) is 0.945. The molecule has 0 saturated carbocycles. The van der Waals surface area contributed by atoms with Gasteiger partial charge in [-0.2, -0.15) is 0 Å². The van der Waals surface area contributed by atoms with Crippen molar-refractivity contribution in [3.63, 3.8) is 0 Å². The number of phosphoric acid groups is 2. The maximum atomic E-state index is 13.1. The van der Waals surface area contributed by atoms with E-state index in [9.17, 15) is 43.2 Å². The molecule has 0 rings (SSSR count). The summed E-state index contributed by atoms with van der Waals surface area (Å²) >= 11 is 0. The van der Waals surface area contributed by atoms with Crippen LogP contribution in [0.15, 0.2) is 0 Å². The third kappa shape index (κ3) is 66.7. The van der Waals surface area contributed by atoms with Crippen molar-refractivity contribution >= 4 is 39.5 Å². The van der Waals surface area contributed by atoms with E-state index in [1.807, 2.05) is 0 Å². The van der Waals surface area contributed by atoms with Crippen molar-refractivity contribution in [2.45, 2.75) is 406 Å². The molecule has 0 aromatic rings. The summed E-state index contributed by atoms with van der Waals surface area (Å²) in [6.07, 6.45) is 57.5. The maximum Gasteiger partial charge on any atom is 0.472 e. The van der Waals surface area contributed by atoms with E-state index in [-0.39, 0.29) is 25.7 Å². The molecule has 0 radical (unpaired) electrons. The number of esters is 4. The number of carbonyl (C=O) groups is 4. The van der Waals surface area contributed by atoms with Gasteiger partial charge in [0.05, 0.1) is 26.4 Å². The van der Waals surface area contributed by atoms with Crippen molar-refractivity contribution in [2.75, 3.05) is 39.6 Å². The first-order valence-corrected chi connectivity index (χ1v) is 41.3. The Morgan fingerprint density at radius 3 is 0.641 bits per heavy atom. The lowest BCUT2D eigenvalue weighted by Crippen LogP contribution is -2.30. The van der Waals surface area contributed by atoms with E-state index in [2.05, 4.69) is 27.7 Å². The van der Waals surface area contributed by atoms with Gasteiger partial charge >= 0.3 is 39.5 Å². The van der Waals surface area contributed by atoms with Gasteiger partial charge in [0.2, 0.25) is 0 Å². The quantitative estimate of drug-likeness (QED) is 0.0222. The smallest absolute Gasteiger partial charge is 0.462 e. The van der Waals surface area contributed by atoms with E-state index >= 15 is 0 Å². The number of phosphoric ester groups is 2. The van der Waals surface area contributed by atoms with Crippen molar-refractivity contribution in [2.24, 2.45) is 0 Å². The Morgan fingerprint density at radius 1 is 0.261 bits per heavy atom. The van der Waals surface area contributed by atoms with Crippen molar-refractivity contribution in [1.82, 2.24) is 0 Å². The zero-order valence-electron chi connectivity index (χ0n) is 59.5. The summed E-state index contributed by atoms with van der Waals surface area (Å²) in [6, 6.07) is 0. The molecule has 0 aromatic heterocycles. The zero-order chi connectivity index (χ0) is 67.5. The van der Waals surface area contributed by atoms with Gasteiger partial charge in [0.1, 0.15) is 19.3 Å². The number of aliphatic hydroxyl groups is 1. The fourth-order valence-corrected chi connectivity index (χ4v) is 12.8. The third-order valence-corrected chi connectivity index (χ3v) is 19.0. The lowest BCUT2D eigenvalue weighted by atomic mass is 10.0. The van der Waals surface area contributed by atoms with Crippen molar-refractivity contribution in [3.05, 3.63) is 0 Å². The first-order valence-electron chi connectivity index (χ1n) is 38.3. The largest absolute Gasteiger partial charge is 0.472 e. The fourth-order valence-electron chi connectivity index (χ4n) is 11.2. The molecule has 0 aliphatic heterocycles. The van der Waals surface area contributed by atoms with E-state index in [0.29, 0.717) is 25.7 Å². The van der Waals surface area contributed by atoms with E-state index < -0.39 is 97.5 Å². The van der Waals surface area contributed by atoms with Gasteiger partial charge in [-0.25, -0.2) is 9.13 Å². The summed E-state index contributed by atoms with van der Waals surface area (Å²) in [7, 11) is -9.89. The molecule has 5 atom stereocenters. The molecule has 19 heteroatoms. The molecule has 0 spiro atoms. The van der Waals surface area contributed by atoms with Gasteiger partial charge in [0.25, 0.3) is 0 Å². The van der Waals surface area contributed by atoms with Crippen LogP contribution in [0.1, 0.15) is 387 Å². The molecule has 0 fully saturated rings. The predicted molar refractivity (Wildman–Crippen MR) is 372 cm³/mol. The summed E-state index contributed by atoms with van der Waals surface area (Å²) < 4.78 is 68.1. The molecular weight excluding hydrogens is 1210 g/mol. The maximum absolute atomic E-state index is 13.1. The van der Waals surface area contributed by atoms with Crippen LogP contribution >= 0.6 is 15.6 Å². The summed E-state index contributed by atoms with van der Waals surface area (Å²) in [6.45, 7) is 4.85. The van der Waals surface area contributed by atoms with Crippen molar-refractivity contribution < 1.29 is 80.2 Å². The summed E-state index contributed by atoms with van der Waals surface area (Å²) in [5, 5.41) is 10.6. The first-order chi connectivity index (χ1) is 44.7. The molecule has 0 heterocycles. The number of rotatable bonds is 74. The Bertz CT molecular complexity index is 1760. The van der Waals surface area contributed by atoms with Gasteiger partial charge in [-0.3, -0.25) is 37.3 Å². The molecule has 2 unspecified atom stereocenters. The molecule has 92 heavy (non-hydrogen) atoms. The molecule has 0 aliphatic carbocycles. The predicted octanol–water partition coefficient (Wildman–Crippen LogP) is 21.4. The van der Waals surface area contributed by atoms with Gasteiger partial charge in [-0.15, -0.1) is 0 Å². The van der Waals surface area contributed by atoms with Crippen LogP contribution in [0.5, 0.6) is 0 Å². The second-order valence-electron chi connectivity index (χ2n) is 26.3. The van der Waals surface area contributed by atoms with Gasteiger partial charge in [-0.05, 0) is 25.7 Å². The Balaban J connectivity index is 5.10. The minimum absolute atomic E-state index is 0.105. The van der Waals surface area contributed by atoms with Crippen LogP contribution in [-0.2, 0) is 65.4 Å². The molecule has 0 bridgehead atoms. The number of aliphatic hydroxyl groups excluding tert-OH is 1. The molecule has 0 amide bonds. The lowest BCUT2D eigenvalue weighted by Gasteiger charge is -2.21. The van der Waals surface area contributed by atoms with Crippen LogP contribution in [0.25, 0.3) is 0 Å². The number of hydrogen-bond donors (Lipinski definition) is 3. The van der Waals surface area contributed by atoms with Gasteiger partial charge in [0.15, 0.2) is 12.2 Å². The first kappa shape index (κ1) is 90.1. The van der Waals surface area contributed by atoms with E-state index in [1.165, 1.54) is 212 Å². The minimum Gasteiger partial charge on any atom is -0.462 e. The summed E-state index contributed by atoms with van der Waals surface area (Å²) in [4.78, 5) is 72.3. The van der Waals surface area contributed by atoms with Crippen LogP contribution in [0.3, 0.4) is 0 Å². The topological polar surface area (TPSA) is 237 Å². The highest BCUT2D eigenvalue weighted by molar-refractivity contribution is 7.47. The highest BCUT2D eigenvalue weighted by Gasteiger charge is 2.30. The van der Waals surface area contributed by atoms with Gasteiger partial charge < -0.3 is 33.8 Å². The average Bonchev–Trinajstić information content (AvgIpc) is 3.63. The van der Waals surface area contributed by atoms with Crippen LogP contribution in [0.2, 0.25) is 0 Å². The SMILES string of the molecule is CCCCCCCCCCCCCCCCCCCCCCCC(=O)O[C@H](COC(=O)CCCCCCCCCCCCCCCCCCC)COP(=O)(O)OC[C@@H](O)COP(=O)(O)OC[C@@H](COC(=O)CCCCCCC)OC(=O)CCCCCCCCCCC. The second kappa shape index (κ2) is 67.6. The average molecular weight is 1350 g/mol. The summed E-state index contributed by atoms with van der Waals surface area (Å²) in [5.74, 6) is -2.13. The Kier molecular flexibility index (Phi) is 66.2. The van der Waals surface area contributed by atoms with E-state index in [1.54, 1.807) is 0 Å². The standard InChI is InChI=1S/C73H142O17P2/c1-5-9-13-17-20-23-25-27-29-31-32-33-34-36-38-40-42-45-48-52-56-60-73(78)90-69(64-84-71(76)58-54-50-46-44-41-39-37-35-30-28-26-24-21-18-14-10-6-2)66-88-92(81,82)86-62-67(74)61-85-91(79,80)87-65-68(63-83-70(75)57-53-49-16-12-8-4)89-72(77)59-55-51-47-43-22-19-15-11-7-3/h67-69,74H,5-66H2,1-4H3,(H,79,80)(H,81,82)/t67-,68+,69+/m0/s1. The number of unbranched alkanes of at least 4 members (excludes halogenated alkanes) is 48. The van der Waals surface area contributed by atoms with Crippen LogP contribution < -0.4 is 0 Å². The van der Waals surface area contributed by atoms with Crippen LogP contribution in [0, 0.1) is 0 Å². The Labute approximate surface area is 562 Å². The third-order valence-electron chi connectivity index (χ3n) is 17.1. The van der Waals surface area contributed by atoms with Crippen LogP contribution in [0.4, 0.5) is 0 Å². The van der Waals surface area contributed by atoms with E-state index in [4.69, 9.17) is 37.0 Å². The zero-order valence-corrected chi connectivity index (χ0v) is 61.3. The van der Waals surface area contributed by atoms with Gasteiger partial charge in [0, 0.05) is 25.7 Å². The minimum atomic E-state index is -4.95. The highest BCUT2D eigenvalue weighted by Crippen LogP contribution is 2.45. The summed E-state index contributed by atoms with van der Waals surface area (Å²) in [5.41, 5.74) is 0. The molecule has 3 N–H and O–H groups in total. The lowest BCUT2D eigenvalue weighted by molar-refractivity contribution is -0.161. The molecule has 0 aromatic carbocycles. The number of carbonyl (C=O) groups excluding carboxylic acids is 4. The normalized spacial score (nSPS) is 13.9. The van der Waals surface area contributed by atoms with Gasteiger partial charge in [-0.1, -0.05) is 336 Å². The molecule has 546 valence electrons. The molecule has 17 nitrogen and oxygen atoms in total. The monoisotopic (exact) mass is 1350 g/mol. The molecular formula is C73H142O17P2. The molecule has 0 aliphatic rings. The van der Waals surface area contributed by atoms with Crippen molar-refractivity contribution in [1.29, 1.82) is 0 Å². The number of hydrogen-bond acceptors (Lipinski definition) is 15. The van der Waals surface area contributed by atoms with Crippen LogP contribution in [-0.4, -0.2) is 96.7 Å². The Morgan fingerprint density at radius 2 is 0.435 bits per heavy atom. The molecule has 0 saturated heterocycles. The highest BCUT2D eigenvalue weighted by atomic mass is 31.2.